The predicted octanol–water partition coefficient (Wildman–Crippen LogP) is 6.02. The Balaban J connectivity index is 0.00000192. The summed E-state index contributed by atoms with van der Waals surface area (Å²) in [5, 5.41) is 0.796. The SMILES string of the molecule is CN(C)CCSC1=Cc2ccccc2Sc2ccc(Cl)cc21.Cl. The molecule has 23 heavy (non-hydrogen) atoms. The standard InChI is InChI=1S/C18H18ClNS2.ClH/c1-20(2)9-10-21-18-11-13-5-3-4-6-16(13)22-17-8-7-14(19)12-15(17)18;/h3-8,11-12H,9-10H2,1-2H3;1H. The van der Waals surface area contributed by atoms with Crippen LogP contribution in [0.5, 0.6) is 0 Å². The van der Waals surface area contributed by atoms with E-state index in [9.17, 15) is 0 Å². The summed E-state index contributed by atoms with van der Waals surface area (Å²) >= 11 is 9.96. The van der Waals surface area contributed by atoms with Crippen molar-refractivity contribution in [1.29, 1.82) is 0 Å². The van der Waals surface area contributed by atoms with Crippen molar-refractivity contribution >= 4 is 58.5 Å². The third kappa shape index (κ3) is 4.71. The van der Waals surface area contributed by atoms with Gasteiger partial charge in [0.2, 0.25) is 0 Å². The van der Waals surface area contributed by atoms with E-state index in [4.69, 9.17) is 11.6 Å². The maximum Gasteiger partial charge on any atom is 0.0413 e. The molecule has 0 N–H and O–H groups in total. The molecule has 0 aromatic heterocycles. The van der Waals surface area contributed by atoms with Gasteiger partial charge in [0, 0.05) is 37.6 Å². The maximum atomic E-state index is 6.24. The molecule has 2 aromatic carbocycles. The molecule has 5 heteroatoms. The summed E-state index contributed by atoms with van der Waals surface area (Å²) in [6.45, 7) is 1.06. The third-order valence-corrected chi connectivity index (χ3v) is 5.87. The van der Waals surface area contributed by atoms with Gasteiger partial charge in [0.05, 0.1) is 0 Å². The molecule has 3 rings (SSSR count). The number of thioether (sulfide) groups is 1. The van der Waals surface area contributed by atoms with Gasteiger partial charge in [-0.15, -0.1) is 24.2 Å². The van der Waals surface area contributed by atoms with E-state index < -0.39 is 0 Å². The van der Waals surface area contributed by atoms with Crippen molar-refractivity contribution in [2.45, 2.75) is 9.79 Å². The molecular weight excluding hydrogens is 365 g/mol. The minimum absolute atomic E-state index is 0. The predicted molar refractivity (Wildman–Crippen MR) is 108 cm³/mol. The summed E-state index contributed by atoms with van der Waals surface area (Å²) in [6, 6.07) is 14.8. The molecule has 0 saturated carbocycles. The molecule has 0 amide bonds. The van der Waals surface area contributed by atoms with Gasteiger partial charge < -0.3 is 4.90 Å². The third-order valence-electron chi connectivity index (χ3n) is 3.43. The molecule has 0 fully saturated rings. The highest BCUT2D eigenvalue weighted by Crippen LogP contribution is 2.44. The molecule has 0 atom stereocenters. The van der Waals surface area contributed by atoms with E-state index in [2.05, 4.69) is 61.5 Å². The Labute approximate surface area is 157 Å². The summed E-state index contributed by atoms with van der Waals surface area (Å²) in [7, 11) is 4.22. The lowest BCUT2D eigenvalue weighted by Gasteiger charge is -2.13. The number of fused-ring (bicyclic) bond motifs is 2. The molecule has 0 radical (unpaired) electrons. The molecule has 1 aliphatic heterocycles. The van der Waals surface area contributed by atoms with Crippen molar-refractivity contribution in [1.82, 2.24) is 4.90 Å². The van der Waals surface area contributed by atoms with Crippen molar-refractivity contribution in [3.05, 3.63) is 58.6 Å². The zero-order chi connectivity index (χ0) is 15.5. The molecule has 0 aliphatic carbocycles. The Morgan fingerprint density at radius 1 is 1.09 bits per heavy atom. The second kappa shape index (κ2) is 8.50. The molecule has 0 saturated heterocycles. The van der Waals surface area contributed by atoms with Gasteiger partial charge >= 0.3 is 0 Å². The normalized spacial score (nSPS) is 12.8. The summed E-state index contributed by atoms with van der Waals surface area (Å²) in [6.07, 6.45) is 2.30. The minimum Gasteiger partial charge on any atom is -0.309 e. The molecule has 1 nitrogen and oxygen atoms in total. The molecule has 2 aromatic rings. The van der Waals surface area contributed by atoms with Crippen LogP contribution in [0.2, 0.25) is 5.02 Å². The Hall–Kier alpha value is -0.580. The lowest BCUT2D eigenvalue weighted by Crippen LogP contribution is -2.14. The highest BCUT2D eigenvalue weighted by Gasteiger charge is 2.16. The lowest BCUT2D eigenvalue weighted by atomic mass is 10.1. The summed E-state index contributed by atoms with van der Waals surface area (Å²) in [4.78, 5) is 6.09. The Kier molecular flexibility index (Phi) is 6.93. The molecule has 0 unspecified atom stereocenters. The highest BCUT2D eigenvalue weighted by atomic mass is 35.5. The van der Waals surface area contributed by atoms with E-state index in [0.29, 0.717) is 0 Å². The van der Waals surface area contributed by atoms with Crippen LogP contribution in [0.1, 0.15) is 11.1 Å². The number of nitrogens with zero attached hydrogens (tertiary/aromatic N) is 1. The van der Waals surface area contributed by atoms with Crippen LogP contribution in [0.25, 0.3) is 11.0 Å². The first-order valence-electron chi connectivity index (χ1n) is 7.19. The Morgan fingerprint density at radius 3 is 2.65 bits per heavy atom. The van der Waals surface area contributed by atoms with Crippen molar-refractivity contribution in [3.63, 3.8) is 0 Å². The van der Waals surface area contributed by atoms with Crippen molar-refractivity contribution < 1.29 is 0 Å². The summed E-state index contributed by atoms with van der Waals surface area (Å²) in [5.74, 6) is 1.07. The molecule has 1 heterocycles. The van der Waals surface area contributed by atoms with Crippen LogP contribution in [0.3, 0.4) is 0 Å². The van der Waals surface area contributed by atoms with Gasteiger partial charge in [0.1, 0.15) is 0 Å². The fraction of sp³-hybridized carbons (Fsp3) is 0.222. The van der Waals surface area contributed by atoms with E-state index in [1.54, 1.807) is 0 Å². The Morgan fingerprint density at radius 2 is 1.87 bits per heavy atom. The van der Waals surface area contributed by atoms with Crippen LogP contribution in [-0.2, 0) is 0 Å². The molecule has 1 aliphatic rings. The average Bonchev–Trinajstić information content (AvgIpc) is 2.64. The van der Waals surface area contributed by atoms with Gasteiger partial charge in [-0.25, -0.2) is 0 Å². The van der Waals surface area contributed by atoms with E-state index >= 15 is 0 Å². The average molecular weight is 384 g/mol. The minimum atomic E-state index is 0. The van der Waals surface area contributed by atoms with Gasteiger partial charge in [-0.2, -0.15) is 0 Å². The van der Waals surface area contributed by atoms with Crippen LogP contribution in [0, 0.1) is 0 Å². The smallest absolute Gasteiger partial charge is 0.0413 e. The van der Waals surface area contributed by atoms with Gasteiger partial charge in [-0.3, -0.25) is 0 Å². The maximum absolute atomic E-state index is 6.24. The van der Waals surface area contributed by atoms with Crippen molar-refractivity contribution in [3.8, 4) is 0 Å². The fourth-order valence-corrected chi connectivity index (χ4v) is 4.76. The summed E-state index contributed by atoms with van der Waals surface area (Å²) in [5.41, 5.74) is 2.53. The quantitative estimate of drug-likeness (QED) is 0.635. The zero-order valence-electron chi connectivity index (χ0n) is 13.1. The first kappa shape index (κ1) is 18.8. The van der Waals surface area contributed by atoms with Crippen LogP contribution in [0.4, 0.5) is 0 Å². The van der Waals surface area contributed by atoms with Crippen LogP contribution in [-0.4, -0.2) is 31.3 Å². The fourth-order valence-electron chi connectivity index (χ4n) is 2.27. The second-order valence-electron chi connectivity index (χ2n) is 5.44. The zero-order valence-corrected chi connectivity index (χ0v) is 16.3. The number of rotatable bonds is 4. The highest BCUT2D eigenvalue weighted by molar-refractivity contribution is 8.08. The molecule has 122 valence electrons. The number of halogens is 2. The van der Waals surface area contributed by atoms with Gasteiger partial charge in [-0.05, 0) is 50.0 Å². The van der Waals surface area contributed by atoms with E-state index in [1.165, 1.54) is 25.8 Å². The van der Waals surface area contributed by atoms with Crippen LogP contribution in [0.15, 0.2) is 52.3 Å². The van der Waals surface area contributed by atoms with E-state index in [0.717, 1.165) is 17.3 Å². The lowest BCUT2D eigenvalue weighted by molar-refractivity contribution is 0.437. The molecule has 0 spiro atoms. The summed E-state index contributed by atoms with van der Waals surface area (Å²) < 4.78 is 0. The number of benzene rings is 2. The number of hydrogen-bond donors (Lipinski definition) is 0. The monoisotopic (exact) mass is 383 g/mol. The first-order valence-corrected chi connectivity index (χ1v) is 9.37. The van der Waals surface area contributed by atoms with E-state index in [1.807, 2.05) is 29.6 Å². The van der Waals surface area contributed by atoms with Crippen LogP contribution < -0.4 is 0 Å². The largest absolute Gasteiger partial charge is 0.309 e. The first-order chi connectivity index (χ1) is 10.6. The van der Waals surface area contributed by atoms with Crippen molar-refractivity contribution in [2.75, 3.05) is 26.4 Å². The van der Waals surface area contributed by atoms with Crippen LogP contribution >= 0.6 is 47.5 Å². The second-order valence-corrected chi connectivity index (χ2v) is 8.10. The van der Waals surface area contributed by atoms with Crippen molar-refractivity contribution in [2.24, 2.45) is 0 Å². The van der Waals surface area contributed by atoms with E-state index in [-0.39, 0.29) is 12.4 Å². The molecular formula is C18H19Cl2NS2. The number of hydrogen-bond acceptors (Lipinski definition) is 3. The van der Waals surface area contributed by atoms with Gasteiger partial charge in [0.25, 0.3) is 0 Å². The van der Waals surface area contributed by atoms with Gasteiger partial charge in [-0.1, -0.05) is 41.6 Å². The molecule has 0 bridgehead atoms. The Bertz CT molecular complexity index is 714. The topological polar surface area (TPSA) is 3.24 Å². The van der Waals surface area contributed by atoms with Gasteiger partial charge in [0.15, 0.2) is 0 Å².